The third-order valence-electron chi connectivity index (χ3n) is 5.43. The van der Waals surface area contributed by atoms with Crippen LogP contribution in [0.3, 0.4) is 0 Å². The van der Waals surface area contributed by atoms with Gasteiger partial charge in [0, 0.05) is 38.8 Å². The van der Waals surface area contributed by atoms with Crippen LogP contribution in [0.2, 0.25) is 0 Å². The molecular weight excluding hydrogens is 272 g/mol. The van der Waals surface area contributed by atoms with Crippen molar-refractivity contribution < 1.29 is 5.11 Å². The molecule has 1 aliphatic heterocycles. The van der Waals surface area contributed by atoms with Gasteiger partial charge in [-0.05, 0) is 31.2 Å². The molecule has 0 spiro atoms. The minimum absolute atomic E-state index is 0.370. The van der Waals surface area contributed by atoms with Crippen LogP contribution in [0.25, 0.3) is 0 Å². The topological polar surface area (TPSA) is 26.7 Å². The predicted molar refractivity (Wildman–Crippen MR) is 90.8 cm³/mol. The van der Waals surface area contributed by atoms with Crippen LogP contribution >= 0.6 is 0 Å². The minimum atomic E-state index is -0.370. The Morgan fingerprint density at radius 2 is 1.86 bits per heavy atom. The fourth-order valence-corrected chi connectivity index (χ4v) is 4.07. The lowest BCUT2D eigenvalue weighted by Gasteiger charge is -2.41. The first-order valence-corrected chi connectivity index (χ1v) is 8.92. The fraction of sp³-hybridized carbons (Fsp3) is 0.684. The second-order valence-corrected chi connectivity index (χ2v) is 7.18. The number of piperazine rings is 1. The van der Waals surface area contributed by atoms with Crippen molar-refractivity contribution in [2.24, 2.45) is 5.92 Å². The molecule has 1 saturated heterocycles. The average molecular weight is 302 g/mol. The average Bonchev–Trinajstić information content (AvgIpc) is 3.04. The Morgan fingerprint density at radius 1 is 1.14 bits per heavy atom. The van der Waals surface area contributed by atoms with Gasteiger partial charge in [-0.25, -0.2) is 0 Å². The van der Waals surface area contributed by atoms with Crippen molar-refractivity contribution in [1.29, 1.82) is 0 Å². The molecule has 2 fully saturated rings. The highest BCUT2D eigenvalue weighted by Crippen LogP contribution is 2.26. The maximum atomic E-state index is 10.4. The third kappa shape index (κ3) is 4.09. The van der Waals surface area contributed by atoms with Gasteiger partial charge in [-0.3, -0.25) is 4.90 Å². The summed E-state index contributed by atoms with van der Waals surface area (Å²) in [4.78, 5) is 5.09. The zero-order chi connectivity index (χ0) is 15.4. The lowest BCUT2D eigenvalue weighted by molar-refractivity contribution is 0.0339. The van der Waals surface area contributed by atoms with Gasteiger partial charge in [0.2, 0.25) is 0 Å². The van der Waals surface area contributed by atoms with E-state index in [2.05, 4.69) is 16.7 Å². The van der Waals surface area contributed by atoms with Gasteiger partial charge in [0.15, 0.2) is 0 Å². The van der Waals surface area contributed by atoms with Crippen LogP contribution < -0.4 is 0 Å². The van der Waals surface area contributed by atoms with Crippen LogP contribution in [0.4, 0.5) is 0 Å². The van der Waals surface area contributed by atoms with Crippen molar-refractivity contribution >= 4 is 0 Å². The van der Waals surface area contributed by atoms with Crippen LogP contribution in [0.15, 0.2) is 30.3 Å². The summed E-state index contributed by atoms with van der Waals surface area (Å²) >= 11 is 0. The molecule has 22 heavy (non-hydrogen) atoms. The van der Waals surface area contributed by atoms with Gasteiger partial charge in [0.1, 0.15) is 0 Å². The number of aliphatic hydroxyl groups excluding tert-OH is 1. The smallest absolute Gasteiger partial charge is 0.0917 e. The van der Waals surface area contributed by atoms with Crippen molar-refractivity contribution in [2.75, 3.05) is 32.7 Å². The number of β-amino-alcohol motifs (C(OH)–C–C–N with tert-alkyl or cyclic N) is 1. The molecule has 1 aromatic rings. The highest BCUT2D eigenvalue weighted by atomic mass is 16.3. The Kier molecular flexibility index (Phi) is 5.51. The first-order valence-electron chi connectivity index (χ1n) is 8.92. The Hall–Kier alpha value is -0.900. The molecular formula is C19H30N2O. The van der Waals surface area contributed by atoms with Crippen molar-refractivity contribution in [3.63, 3.8) is 0 Å². The highest BCUT2D eigenvalue weighted by Gasteiger charge is 2.27. The van der Waals surface area contributed by atoms with E-state index in [0.29, 0.717) is 6.04 Å². The number of benzene rings is 1. The van der Waals surface area contributed by atoms with Gasteiger partial charge < -0.3 is 10.0 Å². The molecule has 0 unspecified atom stereocenters. The number of rotatable bonds is 5. The predicted octanol–water partition coefficient (Wildman–Crippen LogP) is 2.92. The monoisotopic (exact) mass is 302 g/mol. The summed E-state index contributed by atoms with van der Waals surface area (Å²) in [6, 6.07) is 10.6. The van der Waals surface area contributed by atoms with Crippen molar-refractivity contribution in [3.05, 3.63) is 35.9 Å². The molecule has 122 valence electrons. The lowest BCUT2D eigenvalue weighted by atomic mass is 10.0. The van der Waals surface area contributed by atoms with Gasteiger partial charge in [0.25, 0.3) is 0 Å². The summed E-state index contributed by atoms with van der Waals surface area (Å²) in [7, 11) is 0. The quantitative estimate of drug-likeness (QED) is 0.906. The van der Waals surface area contributed by atoms with Crippen LogP contribution in [0.1, 0.15) is 44.3 Å². The molecule has 0 radical (unpaired) electrons. The molecule has 0 amide bonds. The normalized spacial score (nSPS) is 26.4. The van der Waals surface area contributed by atoms with E-state index in [1.54, 1.807) is 0 Å². The molecule has 1 N–H and O–H groups in total. The van der Waals surface area contributed by atoms with Crippen LogP contribution in [0, 0.1) is 5.92 Å². The Labute approximate surface area is 134 Å². The molecule has 1 aromatic carbocycles. The van der Waals surface area contributed by atoms with E-state index in [0.717, 1.165) is 37.7 Å². The van der Waals surface area contributed by atoms with Crippen molar-refractivity contribution in [2.45, 2.75) is 44.8 Å². The molecule has 3 heteroatoms. The molecule has 3 rings (SSSR count). The summed E-state index contributed by atoms with van der Waals surface area (Å²) in [5.41, 5.74) is 1.03. The SMILES string of the molecule is C[C@@H]1CN(CC2CCCC2)CCN1C[C@H](O)c1ccccc1. The molecule has 2 atom stereocenters. The molecule has 1 aliphatic carbocycles. The van der Waals surface area contributed by atoms with Crippen molar-refractivity contribution in [3.8, 4) is 0 Å². The van der Waals surface area contributed by atoms with Crippen LogP contribution in [-0.4, -0.2) is 53.7 Å². The summed E-state index contributed by atoms with van der Waals surface area (Å²) in [5, 5.41) is 10.4. The number of aliphatic hydroxyl groups is 1. The van der Waals surface area contributed by atoms with E-state index in [4.69, 9.17) is 0 Å². The zero-order valence-electron chi connectivity index (χ0n) is 13.8. The van der Waals surface area contributed by atoms with E-state index >= 15 is 0 Å². The number of hydrogen-bond acceptors (Lipinski definition) is 3. The van der Waals surface area contributed by atoms with E-state index in [9.17, 15) is 5.11 Å². The summed E-state index contributed by atoms with van der Waals surface area (Å²) in [6.45, 7) is 7.73. The highest BCUT2D eigenvalue weighted by molar-refractivity contribution is 5.17. The molecule has 0 bridgehead atoms. The van der Waals surface area contributed by atoms with E-state index in [-0.39, 0.29) is 6.10 Å². The lowest BCUT2D eigenvalue weighted by Crippen LogP contribution is -2.53. The Morgan fingerprint density at radius 3 is 2.55 bits per heavy atom. The molecule has 1 heterocycles. The molecule has 1 saturated carbocycles. The third-order valence-corrected chi connectivity index (χ3v) is 5.43. The van der Waals surface area contributed by atoms with Crippen LogP contribution in [-0.2, 0) is 0 Å². The zero-order valence-corrected chi connectivity index (χ0v) is 13.8. The van der Waals surface area contributed by atoms with Gasteiger partial charge in [0.05, 0.1) is 6.10 Å². The summed E-state index contributed by atoms with van der Waals surface area (Å²) in [5.74, 6) is 0.939. The second kappa shape index (κ2) is 7.58. The Balaban J connectivity index is 1.48. The van der Waals surface area contributed by atoms with E-state index in [1.165, 1.54) is 32.2 Å². The fourth-order valence-electron chi connectivity index (χ4n) is 4.07. The van der Waals surface area contributed by atoms with Gasteiger partial charge >= 0.3 is 0 Å². The Bertz CT molecular complexity index is 444. The summed E-state index contributed by atoms with van der Waals surface area (Å²) in [6.07, 6.45) is 5.36. The van der Waals surface area contributed by atoms with E-state index < -0.39 is 0 Å². The largest absolute Gasteiger partial charge is 0.387 e. The minimum Gasteiger partial charge on any atom is -0.387 e. The number of nitrogens with zero attached hydrogens (tertiary/aromatic N) is 2. The standard InChI is InChI=1S/C19H30N2O/c1-16-13-20(14-17-7-5-6-8-17)11-12-21(16)15-19(22)18-9-3-2-4-10-18/h2-4,9-10,16-17,19,22H,5-8,11-15H2,1H3/t16-,19+/m1/s1. The second-order valence-electron chi connectivity index (χ2n) is 7.18. The molecule has 2 aliphatic rings. The first-order chi connectivity index (χ1) is 10.7. The van der Waals surface area contributed by atoms with Gasteiger partial charge in [-0.1, -0.05) is 43.2 Å². The first kappa shape index (κ1) is 16.0. The van der Waals surface area contributed by atoms with Crippen molar-refractivity contribution in [1.82, 2.24) is 9.80 Å². The molecule has 3 nitrogen and oxygen atoms in total. The van der Waals surface area contributed by atoms with Gasteiger partial charge in [-0.15, -0.1) is 0 Å². The maximum Gasteiger partial charge on any atom is 0.0917 e. The number of hydrogen-bond donors (Lipinski definition) is 1. The van der Waals surface area contributed by atoms with E-state index in [1.807, 2.05) is 30.3 Å². The van der Waals surface area contributed by atoms with Crippen LogP contribution in [0.5, 0.6) is 0 Å². The molecule has 0 aromatic heterocycles. The summed E-state index contributed by atoms with van der Waals surface area (Å²) < 4.78 is 0. The van der Waals surface area contributed by atoms with Gasteiger partial charge in [-0.2, -0.15) is 0 Å². The maximum absolute atomic E-state index is 10.4.